The molecule has 1 N–H and O–H groups in total. The maximum Gasteiger partial charge on any atom is 0.169 e. The number of benzene rings is 1. The van der Waals surface area contributed by atoms with Gasteiger partial charge in [-0.2, -0.15) is 0 Å². The van der Waals surface area contributed by atoms with Crippen LogP contribution in [0.1, 0.15) is 36.5 Å². The molecule has 0 atom stereocenters. The van der Waals surface area contributed by atoms with Gasteiger partial charge in [0, 0.05) is 17.0 Å². The minimum atomic E-state index is -0.696. The van der Waals surface area contributed by atoms with Crippen LogP contribution in [0.25, 0.3) is 0 Å². The van der Waals surface area contributed by atoms with Gasteiger partial charge in [0.15, 0.2) is 5.78 Å². The molecule has 98 valence electrons. The molecule has 0 aliphatic carbocycles. The number of Topliss-reactive ketones (excluding diaryl/α,β-unsaturated/α-hetero) is 1. The number of rotatable bonds is 3. The molecule has 1 fully saturated rings. The average Bonchev–Trinajstić information content (AvgIpc) is 2.37. The predicted molar refractivity (Wildman–Crippen MR) is 65.5 cm³/mol. The Morgan fingerprint density at radius 3 is 2.28 bits per heavy atom. The summed E-state index contributed by atoms with van der Waals surface area (Å²) in [4.78, 5) is 12.5. The van der Waals surface area contributed by atoms with Crippen LogP contribution in [0.2, 0.25) is 0 Å². The maximum atomic E-state index is 13.2. The number of carbonyl (C=O) groups excluding carboxylic acids is 1. The van der Waals surface area contributed by atoms with Gasteiger partial charge in [-0.3, -0.25) is 4.79 Å². The normalized spacial score (nSPS) is 18.6. The first-order valence-electron chi connectivity index (χ1n) is 6.29. The van der Waals surface area contributed by atoms with Crippen molar-refractivity contribution in [2.75, 3.05) is 13.1 Å². The van der Waals surface area contributed by atoms with Gasteiger partial charge in [-0.15, -0.1) is 0 Å². The van der Waals surface area contributed by atoms with Crippen LogP contribution in [-0.4, -0.2) is 18.9 Å². The molecule has 2 rings (SSSR count). The number of piperidine rings is 1. The van der Waals surface area contributed by atoms with Crippen LogP contribution >= 0.6 is 0 Å². The van der Waals surface area contributed by atoms with E-state index in [1.165, 1.54) is 0 Å². The van der Waals surface area contributed by atoms with Crippen LogP contribution in [0.5, 0.6) is 0 Å². The molecule has 0 aromatic heterocycles. The standard InChI is InChI=1S/C14H17F2NO/c1-2-14(3-5-17-6-4-14)13(18)10-7-11(15)9-12(16)8-10/h7-9,17H,2-6H2,1H3. The molecule has 1 heterocycles. The quantitative estimate of drug-likeness (QED) is 0.839. The Labute approximate surface area is 105 Å². The number of ketones is 1. The number of hydrogen-bond donors (Lipinski definition) is 1. The van der Waals surface area contributed by atoms with Crippen LogP contribution in [0.3, 0.4) is 0 Å². The zero-order chi connectivity index (χ0) is 13.2. The fourth-order valence-electron chi connectivity index (χ4n) is 2.64. The van der Waals surface area contributed by atoms with Crippen molar-refractivity contribution in [3.05, 3.63) is 35.4 Å². The number of halogens is 2. The molecule has 18 heavy (non-hydrogen) atoms. The largest absolute Gasteiger partial charge is 0.317 e. The zero-order valence-corrected chi connectivity index (χ0v) is 10.4. The molecule has 2 nitrogen and oxygen atoms in total. The van der Waals surface area contributed by atoms with Crippen LogP contribution < -0.4 is 5.32 Å². The van der Waals surface area contributed by atoms with E-state index in [4.69, 9.17) is 0 Å². The molecule has 1 aromatic carbocycles. The lowest BCUT2D eigenvalue weighted by molar-refractivity contribution is 0.0716. The Morgan fingerprint density at radius 2 is 1.78 bits per heavy atom. The molecule has 1 aliphatic heterocycles. The lowest BCUT2D eigenvalue weighted by Gasteiger charge is -2.35. The van der Waals surface area contributed by atoms with Gasteiger partial charge in [-0.05, 0) is 44.5 Å². The Morgan fingerprint density at radius 1 is 1.22 bits per heavy atom. The molecule has 4 heteroatoms. The minimum Gasteiger partial charge on any atom is -0.317 e. The highest BCUT2D eigenvalue weighted by molar-refractivity contribution is 6.00. The average molecular weight is 253 g/mol. The third kappa shape index (κ3) is 2.43. The molecule has 0 radical (unpaired) electrons. The third-order valence-electron chi connectivity index (χ3n) is 3.84. The number of carbonyl (C=O) groups is 1. The number of hydrogen-bond acceptors (Lipinski definition) is 2. The Bertz CT molecular complexity index is 433. The molecular formula is C14H17F2NO. The van der Waals surface area contributed by atoms with E-state index in [1.54, 1.807) is 0 Å². The van der Waals surface area contributed by atoms with Crippen molar-refractivity contribution in [2.24, 2.45) is 5.41 Å². The van der Waals surface area contributed by atoms with Gasteiger partial charge in [-0.25, -0.2) is 8.78 Å². The van der Waals surface area contributed by atoms with Crippen molar-refractivity contribution in [3.63, 3.8) is 0 Å². The van der Waals surface area contributed by atoms with E-state index in [0.29, 0.717) is 6.42 Å². The molecule has 0 saturated carbocycles. The minimum absolute atomic E-state index is 0.134. The van der Waals surface area contributed by atoms with Gasteiger partial charge in [0.1, 0.15) is 11.6 Å². The maximum absolute atomic E-state index is 13.2. The topological polar surface area (TPSA) is 29.1 Å². The fraction of sp³-hybridized carbons (Fsp3) is 0.500. The molecule has 0 spiro atoms. The van der Waals surface area contributed by atoms with E-state index in [1.807, 2.05) is 6.92 Å². The lowest BCUT2D eigenvalue weighted by Crippen LogP contribution is -2.41. The summed E-state index contributed by atoms with van der Waals surface area (Å²) in [7, 11) is 0. The molecular weight excluding hydrogens is 236 g/mol. The SMILES string of the molecule is CCC1(C(=O)c2cc(F)cc(F)c2)CCNCC1. The molecule has 1 aromatic rings. The molecule has 0 bridgehead atoms. The van der Waals surface area contributed by atoms with E-state index >= 15 is 0 Å². The van der Waals surface area contributed by atoms with Crippen molar-refractivity contribution in [1.82, 2.24) is 5.32 Å². The van der Waals surface area contributed by atoms with E-state index in [0.717, 1.165) is 44.1 Å². The Kier molecular flexibility index (Phi) is 3.76. The summed E-state index contributed by atoms with van der Waals surface area (Å²) in [6.45, 7) is 3.51. The van der Waals surface area contributed by atoms with E-state index in [2.05, 4.69) is 5.32 Å². The highest BCUT2D eigenvalue weighted by atomic mass is 19.1. The Hall–Kier alpha value is -1.29. The van der Waals surface area contributed by atoms with E-state index in [-0.39, 0.29) is 11.3 Å². The molecule has 1 aliphatic rings. The summed E-state index contributed by atoms with van der Waals surface area (Å²) < 4.78 is 26.4. The smallest absolute Gasteiger partial charge is 0.169 e. The van der Waals surface area contributed by atoms with Crippen molar-refractivity contribution in [3.8, 4) is 0 Å². The Balaban J connectivity index is 2.33. The van der Waals surface area contributed by atoms with Crippen molar-refractivity contribution >= 4 is 5.78 Å². The summed E-state index contributed by atoms with van der Waals surface area (Å²) >= 11 is 0. The van der Waals surface area contributed by atoms with Crippen LogP contribution in [0.15, 0.2) is 18.2 Å². The van der Waals surface area contributed by atoms with Crippen LogP contribution in [0.4, 0.5) is 8.78 Å². The summed E-state index contributed by atoms with van der Waals surface area (Å²) in [5, 5.41) is 3.20. The van der Waals surface area contributed by atoms with Gasteiger partial charge in [0.05, 0.1) is 0 Å². The van der Waals surface area contributed by atoms with E-state index in [9.17, 15) is 13.6 Å². The highest BCUT2D eigenvalue weighted by Crippen LogP contribution is 2.36. The first-order valence-corrected chi connectivity index (χ1v) is 6.29. The predicted octanol–water partition coefficient (Wildman–Crippen LogP) is 2.93. The van der Waals surface area contributed by atoms with Crippen molar-refractivity contribution < 1.29 is 13.6 Å². The van der Waals surface area contributed by atoms with Gasteiger partial charge in [0.25, 0.3) is 0 Å². The summed E-state index contributed by atoms with van der Waals surface area (Å²) in [5.74, 6) is -1.53. The van der Waals surface area contributed by atoms with Crippen molar-refractivity contribution in [1.29, 1.82) is 0 Å². The van der Waals surface area contributed by atoms with Gasteiger partial charge < -0.3 is 5.32 Å². The summed E-state index contributed by atoms with van der Waals surface area (Å²) in [5.41, 5.74) is -0.317. The van der Waals surface area contributed by atoms with Gasteiger partial charge in [0.2, 0.25) is 0 Å². The van der Waals surface area contributed by atoms with E-state index < -0.39 is 17.0 Å². The summed E-state index contributed by atoms with van der Waals surface area (Å²) in [6, 6.07) is 3.05. The second-order valence-electron chi connectivity index (χ2n) is 4.87. The molecule has 1 saturated heterocycles. The first kappa shape index (κ1) is 13.1. The van der Waals surface area contributed by atoms with Crippen LogP contribution in [-0.2, 0) is 0 Å². The van der Waals surface area contributed by atoms with Crippen molar-refractivity contribution in [2.45, 2.75) is 26.2 Å². The fourth-order valence-corrected chi connectivity index (χ4v) is 2.64. The van der Waals surface area contributed by atoms with Crippen LogP contribution in [0, 0.1) is 17.0 Å². The van der Waals surface area contributed by atoms with Gasteiger partial charge in [-0.1, -0.05) is 6.92 Å². The first-order chi connectivity index (χ1) is 8.57. The third-order valence-corrected chi connectivity index (χ3v) is 3.84. The second-order valence-corrected chi connectivity index (χ2v) is 4.87. The number of nitrogens with one attached hydrogen (secondary N) is 1. The monoisotopic (exact) mass is 253 g/mol. The lowest BCUT2D eigenvalue weighted by atomic mass is 9.71. The molecule has 0 unspecified atom stereocenters. The van der Waals surface area contributed by atoms with Gasteiger partial charge >= 0.3 is 0 Å². The highest BCUT2D eigenvalue weighted by Gasteiger charge is 2.38. The zero-order valence-electron chi connectivity index (χ0n) is 10.4. The second kappa shape index (κ2) is 5.14. The summed E-state index contributed by atoms with van der Waals surface area (Å²) in [6.07, 6.45) is 2.15. The molecule has 0 amide bonds.